The molecule has 0 unspecified atom stereocenters. The molecular weight excluding hydrogens is 448 g/mol. The maximum Gasteiger partial charge on any atom is 0.0635 e. The number of aromatic nitrogens is 2. The van der Waals surface area contributed by atoms with Crippen molar-refractivity contribution >= 4 is 32.7 Å². The molecule has 1 aliphatic carbocycles. The highest BCUT2D eigenvalue weighted by atomic mass is 15.0. The number of benzene rings is 5. The first kappa shape index (κ1) is 20.6. The molecule has 8 rings (SSSR count). The highest BCUT2D eigenvalue weighted by Gasteiger charge is 2.35. The second kappa shape index (κ2) is 7.24. The standard InChI is InChI=1S/C35H26N2/c1-35(2)30-14-8-6-12-25(30)26-17-16-24(22-31(26)35)36-21-20-29-32(36)19-18-28-27-13-7-9-15-33(27)37(34(28)29)23-10-4-3-5-11-23/h3-22H,1-2H3. The Balaban J connectivity index is 1.39. The first-order chi connectivity index (χ1) is 18.1. The number of rotatable bonds is 2. The van der Waals surface area contributed by atoms with Crippen molar-refractivity contribution in [2.45, 2.75) is 19.3 Å². The third kappa shape index (κ3) is 2.70. The molecule has 0 radical (unpaired) electrons. The third-order valence-corrected chi connectivity index (χ3v) is 8.36. The molecule has 0 saturated heterocycles. The van der Waals surface area contributed by atoms with Gasteiger partial charge in [0.15, 0.2) is 0 Å². The molecule has 2 aromatic heterocycles. The van der Waals surface area contributed by atoms with Crippen LogP contribution in [0.25, 0.3) is 55.2 Å². The SMILES string of the molecule is CC1(C)c2ccccc2-c2ccc(-n3ccc4c3ccc3c5ccccc5n(-c5ccccc5)c34)cc21. The Morgan fingerprint density at radius 1 is 0.514 bits per heavy atom. The van der Waals surface area contributed by atoms with Crippen LogP contribution in [0.1, 0.15) is 25.0 Å². The Morgan fingerprint density at radius 3 is 2.16 bits per heavy atom. The van der Waals surface area contributed by atoms with E-state index in [0.717, 1.165) is 0 Å². The van der Waals surface area contributed by atoms with Crippen molar-refractivity contribution in [1.82, 2.24) is 9.13 Å². The summed E-state index contributed by atoms with van der Waals surface area (Å²) in [7, 11) is 0. The first-order valence-corrected chi connectivity index (χ1v) is 13.0. The molecule has 0 N–H and O–H groups in total. The second-order valence-electron chi connectivity index (χ2n) is 10.7. The highest BCUT2D eigenvalue weighted by molar-refractivity contribution is 6.18. The van der Waals surface area contributed by atoms with Gasteiger partial charge < -0.3 is 9.13 Å². The van der Waals surface area contributed by atoms with Gasteiger partial charge in [0.2, 0.25) is 0 Å². The number of hydrogen-bond donors (Lipinski definition) is 0. The van der Waals surface area contributed by atoms with Crippen molar-refractivity contribution in [2.75, 3.05) is 0 Å². The van der Waals surface area contributed by atoms with E-state index in [1.807, 2.05) is 0 Å². The van der Waals surface area contributed by atoms with Gasteiger partial charge in [-0.2, -0.15) is 0 Å². The maximum absolute atomic E-state index is 2.42. The van der Waals surface area contributed by atoms with E-state index in [0.29, 0.717) is 0 Å². The number of para-hydroxylation sites is 2. The molecule has 37 heavy (non-hydrogen) atoms. The minimum absolute atomic E-state index is 0.0160. The van der Waals surface area contributed by atoms with Gasteiger partial charge >= 0.3 is 0 Å². The maximum atomic E-state index is 2.42. The first-order valence-electron chi connectivity index (χ1n) is 13.0. The van der Waals surface area contributed by atoms with Gasteiger partial charge in [-0.15, -0.1) is 0 Å². The van der Waals surface area contributed by atoms with Gasteiger partial charge in [-0.1, -0.05) is 86.6 Å². The molecule has 0 saturated carbocycles. The van der Waals surface area contributed by atoms with E-state index in [9.17, 15) is 0 Å². The normalized spacial score (nSPS) is 13.9. The van der Waals surface area contributed by atoms with Crippen molar-refractivity contribution < 1.29 is 0 Å². The molecule has 0 amide bonds. The fraction of sp³-hybridized carbons (Fsp3) is 0.0857. The predicted molar refractivity (Wildman–Crippen MR) is 155 cm³/mol. The van der Waals surface area contributed by atoms with Gasteiger partial charge in [-0.25, -0.2) is 0 Å². The molecule has 7 aromatic rings. The van der Waals surface area contributed by atoms with Crippen LogP contribution < -0.4 is 0 Å². The van der Waals surface area contributed by atoms with Gasteiger partial charge in [-0.3, -0.25) is 0 Å². The Hall–Kier alpha value is -4.56. The summed E-state index contributed by atoms with van der Waals surface area (Å²) in [6, 6.07) is 42.1. The lowest BCUT2D eigenvalue weighted by Gasteiger charge is -2.22. The molecule has 0 spiro atoms. The van der Waals surface area contributed by atoms with Crippen LogP contribution in [-0.4, -0.2) is 9.13 Å². The summed E-state index contributed by atoms with van der Waals surface area (Å²) in [6.45, 7) is 4.69. The molecule has 0 aliphatic heterocycles. The van der Waals surface area contributed by atoms with Crippen molar-refractivity contribution in [1.29, 1.82) is 0 Å². The Bertz CT molecular complexity index is 2000. The van der Waals surface area contributed by atoms with Crippen molar-refractivity contribution in [3.8, 4) is 22.5 Å². The molecular formula is C35H26N2. The lowest BCUT2D eigenvalue weighted by molar-refractivity contribution is 0.660. The zero-order chi connectivity index (χ0) is 24.7. The summed E-state index contributed by atoms with van der Waals surface area (Å²) < 4.78 is 4.76. The molecule has 2 nitrogen and oxygen atoms in total. The quantitative estimate of drug-likeness (QED) is 0.236. The van der Waals surface area contributed by atoms with Crippen LogP contribution in [0.15, 0.2) is 121 Å². The summed E-state index contributed by atoms with van der Waals surface area (Å²) in [5.41, 5.74) is 11.6. The molecule has 0 bridgehead atoms. The zero-order valence-corrected chi connectivity index (χ0v) is 20.9. The Kier molecular flexibility index (Phi) is 4.03. The summed E-state index contributed by atoms with van der Waals surface area (Å²) >= 11 is 0. The monoisotopic (exact) mass is 474 g/mol. The van der Waals surface area contributed by atoms with Crippen LogP contribution in [0.2, 0.25) is 0 Å². The number of fused-ring (bicyclic) bond motifs is 8. The zero-order valence-electron chi connectivity index (χ0n) is 20.9. The van der Waals surface area contributed by atoms with Crippen LogP contribution in [0.5, 0.6) is 0 Å². The van der Waals surface area contributed by atoms with Gasteiger partial charge in [0.1, 0.15) is 0 Å². The molecule has 0 atom stereocenters. The second-order valence-corrected chi connectivity index (χ2v) is 10.7. The summed E-state index contributed by atoms with van der Waals surface area (Å²) in [5.74, 6) is 0. The highest BCUT2D eigenvalue weighted by Crippen LogP contribution is 2.49. The Labute approximate surface area is 216 Å². The number of nitrogens with zero attached hydrogens (tertiary/aromatic N) is 2. The van der Waals surface area contributed by atoms with E-state index >= 15 is 0 Å². The van der Waals surface area contributed by atoms with Crippen LogP contribution in [-0.2, 0) is 5.41 Å². The molecule has 1 aliphatic rings. The summed E-state index contributed by atoms with van der Waals surface area (Å²) in [4.78, 5) is 0. The van der Waals surface area contributed by atoms with Crippen LogP contribution >= 0.6 is 0 Å². The lowest BCUT2D eigenvalue weighted by atomic mass is 9.82. The number of hydrogen-bond acceptors (Lipinski definition) is 0. The van der Waals surface area contributed by atoms with Gasteiger partial charge in [0, 0.05) is 39.1 Å². The van der Waals surface area contributed by atoms with E-state index < -0.39 is 0 Å². The molecule has 2 heteroatoms. The fourth-order valence-corrected chi connectivity index (χ4v) is 6.59. The molecule has 2 heterocycles. The molecule has 0 fully saturated rings. The minimum Gasteiger partial charge on any atom is -0.316 e. The van der Waals surface area contributed by atoms with Gasteiger partial charge in [0.05, 0.1) is 16.6 Å². The minimum atomic E-state index is -0.0160. The van der Waals surface area contributed by atoms with Crippen molar-refractivity contribution in [3.05, 3.63) is 133 Å². The molecule has 176 valence electrons. The van der Waals surface area contributed by atoms with E-state index in [1.54, 1.807) is 0 Å². The smallest absolute Gasteiger partial charge is 0.0635 e. The molecule has 5 aromatic carbocycles. The van der Waals surface area contributed by atoms with E-state index in [1.165, 1.54) is 66.3 Å². The van der Waals surface area contributed by atoms with Crippen molar-refractivity contribution in [3.63, 3.8) is 0 Å². The Morgan fingerprint density at radius 2 is 1.27 bits per heavy atom. The van der Waals surface area contributed by atoms with Crippen LogP contribution in [0.3, 0.4) is 0 Å². The summed E-state index contributed by atoms with van der Waals surface area (Å²) in [6.07, 6.45) is 2.23. The third-order valence-electron chi connectivity index (χ3n) is 8.36. The van der Waals surface area contributed by atoms with Gasteiger partial charge in [-0.05, 0) is 64.7 Å². The topological polar surface area (TPSA) is 9.86 Å². The fourth-order valence-electron chi connectivity index (χ4n) is 6.59. The van der Waals surface area contributed by atoms with Crippen LogP contribution in [0, 0.1) is 0 Å². The lowest BCUT2D eigenvalue weighted by Crippen LogP contribution is -2.15. The average molecular weight is 475 g/mol. The summed E-state index contributed by atoms with van der Waals surface area (Å²) in [5, 5.41) is 3.84. The van der Waals surface area contributed by atoms with E-state index in [-0.39, 0.29) is 5.41 Å². The van der Waals surface area contributed by atoms with E-state index in [4.69, 9.17) is 0 Å². The van der Waals surface area contributed by atoms with Gasteiger partial charge in [0.25, 0.3) is 0 Å². The average Bonchev–Trinajstić information content (AvgIpc) is 3.58. The van der Waals surface area contributed by atoms with E-state index in [2.05, 4.69) is 144 Å². The van der Waals surface area contributed by atoms with Crippen LogP contribution in [0.4, 0.5) is 0 Å². The predicted octanol–water partition coefficient (Wildman–Crippen LogP) is 9.03. The van der Waals surface area contributed by atoms with Crippen molar-refractivity contribution in [2.24, 2.45) is 0 Å². The largest absolute Gasteiger partial charge is 0.316 e.